The Balaban J connectivity index is 1.21. The first-order valence-corrected chi connectivity index (χ1v) is 26.2. The van der Waals surface area contributed by atoms with Crippen molar-refractivity contribution in [2.24, 2.45) is 28.8 Å². The highest BCUT2D eigenvalue weighted by atomic mass is 19.1. The molecule has 0 radical (unpaired) electrons. The second-order valence-electron chi connectivity index (χ2n) is 21.4. The number of hydrazone groups is 1. The lowest BCUT2D eigenvalue weighted by atomic mass is 9.78. The monoisotopic (exact) mass is 1100 g/mol. The van der Waals surface area contributed by atoms with Gasteiger partial charge < -0.3 is 69.1 Å². The number of phenolic OH excluding ortho intramolecular Hbond substituents is 3. The molecule has 5 bridgehead atoms. The van der Waals surface area contributed by atoms with Crippen molar-refractivity contribution in [3.63, 3.8) is 0 Å². The molecule has 1 unspecified atom stereocenters. The third kappa shape index (κ3) is 10.5. The lowest BCUT2D eigenvalue weighted by Crippen LogP contribution is -2.50. The number of aliphatic hydroxyl groups excluding tert-OH is 3. The van der Waals surface area contributed by atoms with Gasteiger partial charge in [-0.15, -0.1) is 0 Å². The number of aromatic nitrogens is 1. The van der Waals surface area contributed by atoms with Gasteiger partial charge in [-0.1, -0.05) is 52.5 Å². The standard InChI is InChI=1S/C58H70FN5O15/c1-26-14-13-15-27(2)57(74)61-44-37(23-60-64-20-19-62(24-28(64)3)46-39(59)22-36-45(55(46)76-12)63(35-16-17-35)25-38(33(8)65)50(36)70)51(71)41-42(52(44)72)49(69)32(7)54-43(41)56(73)58(10,79-54)77-21-18-40(75-11)29(4)53(78-34(9)66)31(6)48(68)30(5)47(26)67/h13-15,18,21-23,25-26,28-31,35,40,47-48,53,65,67-69,71-72H,8,16-17,19-20,24H2,1-7,9-12H3,(H,61,74)/b14-13+,21-18+,27-15-,60-23-/t26-,28?,29+,30+,31+,40-,47-,48+,53+,58-/m0/s1. The summed E-state index contributed by atoms with van der Waals surface area (Å²) in [6.45, 7) is 18.1. The highest BCUT2D eigenvalue weighted by Crippen LogP contribution is 2.55. The number of aromatic hydroxyl groups is 3. The van der Waals surface area contributed by atoms with Gasteiger partial charge in [-0.25, -0.2) is 4.39 Å². The molecule has 1 saturated carbocycles. The van der Waals surface area contributed by atoms with Crippen molar-refractivity contribution < 1.29 is 73.1 Å². The van der Waals surface area contributed by atoms with Crippen molar-refractivity contribution in [1.82, 2.24) is 9.58 Å². The average Bonchev–Trinajstić information content (AvgIpc) is 4.43. The summed E-state index contributed by atoms with van der Waals surface area (Å²) < 4.78 is 48.0. The van der Waals surface area contributed by atoms with Crippen molar-refractivity contribution in [2.45, 2.75) is 117 Å². The maximum absolute atomic E-state index is 16.4. The Labute approximate surface area is 456 Å². The SMILES string of the molecule is C=C(O)c1cn(C2CC2)c2c(OC)c(N3CCN(/N=C\c4c5c(O)c6c(O)c(C)c7c(c6c4O)C(=O)[C@@](C)(O/C=C/[C@H](OC)[C@@H](C)[C@@H](OC(C)=O)[C@H](C)[C@H](O)[C@H](C)[C@@H](O)[C@@H](C)/C=C/C=C(/C)C(=O)N5)O7)C(C)C3)c(F)cc2c1=O. The summed E-state index contributed by atoms with van der Waals surface area (Å²) in [6, 6.07) is 0.646. The molecule has 2 fully saturated rings. The number of esters is 1. The molecule has 1 aliphatic carbocycles. The van der Waals surface area contributed by atoms with E-state index in [1.807, 2.05) is 11.5 Å². The minimum atomic E-state index is -2.14. The van der Waals surface area contributed by atoms with Crippen molar-refractivity contribution in [3.05, 3.63) is 93.3 Å². The topological polar surface area (TPSA) is 272 Å². The highest BCUT2D eigenvalue weighted by molar-refractivity contribution is 6.24. The van der Waals surface area contributed by atoms with Crippen LogP contribution < -0.4 is 25.1 Å². The summed E-state index contributed by atoms with van der Waals surface area (Å²) >= 11 is 0. The Hall–Kier alpha value is -7.62. The molecule has 1 amide bonds. The van der Waals surface area contributed by atoms with E-state index in [0.29, 0.717) is 5.52 Å². The summed E-state index contributed by atoms with van der Waals surface area (Å²) in [4.78, 5) is 56.7. The fraction of sp³-hybridized carbons (Fsp3) is 0.466. The second-order valence-corrected chi connectivity index (χ2v) is 21.4. The van der Waals surface area contributed by atoms with Gasteiger partial charge in [0.2, 0.25) is 5.43 Å². The lowest BCUT2D eigenvalue weighted by molar-refractivity contribution is -0.160. The number of phenols is 3. The smallest absolute Gasteiger partial charge is 0.312 e. The van der Waals surface area contributed by atoms with E-state index in [-0.39, 0.29) is 87.1 Å². The molecule has 21 heteroatoms. The number of allylic oxidation sites excluding steroid dienone is 2. The first-order valence-electron chi connectivity index (χ1n) is 26.2. The van der Waals surface area contributed by atoms with Gasteiger partial charge in [0.1, 0.15) is 34.8 Å². The second kappa shape index (κ2) is 22.3. The van der Waals surface area contributed by atoms with Crippen LogP contribution in [0, 0.1) is 36.4 Å². The number of Topliss-reactive ketones (excluding diaryl/α,β-unsaturated/α-hetero) is 1. The number of halogens is 1. The number of piperazine rings is 1. The number of carbonyl (C=O) groups is 3. The molecule has 1 saturated heterocycles. The normalized spacial score (nSPS) is 28.6. The number of anilines is 2. The molecule has 5 heterocycles. The van der Waals surface area contributed by atoms with E-state index in [2.05, 4.69) is 11.9 Å². The van der Waals surface area contributed by atoms with Gasteiger partial charge in [0, 0.05) is 86.5 Å². The molecular weight excluding hydrogens is 1030 g/mol. The van der Waals surface area contributed by atoms with Gasteiger partial charge in [-0.3, -0.25) is 24.2 Å². The van der Waals surface area contributed by atoms with Crippen molar-refractivity contribution in [3.8, 4) is 28.7 Å². The van der Waals surface area contributed by atoms with E-state index in [1.165, 1.54) is 72.7 Å². The van der Waals surface area contributed by atoms with Crippen molar-refractivity contribution in [2.75, 3.05) is 44.1 Å². The van der Waals surface area contributed by atoms with Crippen LogP contribution in [0.3, 0.4) is 0 Å². The minimum Gasteiger partial charge on any atom is -0.508 e. The number of ketones is 1. The molecule has 424 valence electrons. The summed E-state index contributed by atoms with van der Waals surface area (Å²) in [7, 11) is 2.81. The number of benzene rings is 3. The predicted octanol–water partition coefficient (Wildman–Crippen LogP) is 7.62. The number of methoxy groups -OCH3 is 2. The minimum absolute atomic E-state index is 0.00849. The molecule has 4 aliphatic heterocycles. The average molecular weight is 1100 g/mol. The van der Waals surface area contributed by atoms with E-state index in [1.54, 1.807) is 49.8 Å². The van der Waals surface area contributed by atoms with Crippen LogP contribution in [0.4, 0.5) is 15.8 Å². The Bertz CT molecular complexity index is 3330. The Kier molecular flexibility index (Phi) is 16.2. The number of hydrogen-bond acceptors (Lipinski definition) is 18. The number of pyridine rings is 1. The van der Waals surface area contributed by atoms with Gasteiger partial charge in [-0.05, 0) is 45.8 Å². The number of nitrogens with one attached hydrogen (secondary N) is 1. The molecule has 1 aromatic heterocycles. The van der Waals surface area contributed by atoms with Crippen molar-refractivity contribution >= 4 is 62.7 Å². The summed E-state index contributed by atoms with van der Waals surface area (Å²) in [5.41, 5.74) is -1.00. The van der Waals surface area contributed by atoms with Crippen LogP contribution in [0.15, 0.2) is 64.9 Å². The summed E-state index contributed by atoms with van der Waals surface area (Å²) in [5, 5.41) is 78.3. The van der Waals surface area contributed by atoms with E-state index in [4.69, 9.17) is 28.8 Å². The zero-order valence-electron chi connectivity index (χ0n) is 46.2. The molecule has 9 rings (SSSR count). The first kappa shape index (κ1) is 57.6. The molecule has 79 heavy (non-hydrogen) atoms. The van der Waals surface area contributed by atoms with E-state index in [9.17, 15) is 49.8 Å². The molecule has 20 nitrogen and oxygen atoms in total. The van der Waals surface area contributed by atoms with Crippen LogP contribution in [0.1, 0.15) is 101 Å². The predicted molar refractivity (Wildman–Crippen MR) is 294 cm³/mol. The zero-order chi connectivity index (χ0) is 57.8. The number of aliphatic hydroxyl groups is 3. The molecule has 4 aromatic rings. The van der Waals surface area contributed by atoms with Gasteiger partial charge >= 0.3 is 11.8 Å². The number of hydrogen-bond donors (Lipinski definition) is 7. The number of fused-ring (bicyclic) bond motifs is 15. The third-order valence-corrected chi connectivity index (χ3v) is 15.9. The molecule has 0 spiro atoms. The molecule has 5 aliphatic rings. The number of ether oxygens (including phenoxy) is 5. The van der Waals surface area contributed by atoms with Crippen LogP contribution in [-0.4, -0.2) is 134 Å². The summed E-state index contributed by atoms with van der Waals surface area (Å²) in [6.07, 6.45) is 7.48. The number of carbonyl (C=O) groups excluding carboxylic acids is 3. The number of amides is 1. The zero-order valence-corrected chi connectivity index (χ0v) is 46.2. The van der Waals surface area contributed by atoms with Gasteiger partial charge in [-0.2, -0.15) is 5.10 Å². The number of nitrogens with zero attached hydrogens (tertiary/aromatic N) is 4. The van der Waals surface area contributed by atoms with Crippen LogP contribution >= 0.6 is 0 Å². The van der Waals surface area contributed by atoms with Gasteiger partial charge in [0.15, 0.2) is 17.3 Å². The lowest BCUT2D eigenvalue weighted by Gasteiger charge is -2.40. The molecule has 10 atom stereocenters. The third-order valence-electron chi connectivity index (χ3n) is 15.9. The molecule has 7 N–H and O–H groups in total. The fourth-order valence-corrected chi connectivity index (χ4v) is 11.1. The largest absolute Gasteiger partial charge is 0.508 e. The first-order chi connectivity index (χ1) is 37.3. The molecule has 3 aromatic carbocycles. The van der Waals surface area contributed by atoms with Gasteiger partial charge in [0.05, 0.1) is 89.2 Å². The quantitative estimate of drug-likeness (QED) is 0.0294. The van der Waals surface area contributed by atoms with Gasteiger partial charge in [0.25, 0.3) is 11.7 Å². The van der Waals surface area contributed by atoms with E-state index < -0.39 is 117 Å². The number of rotatable bonds is 8. The maximum atomic E-state index is 16.4. The highest BCUT2D eigenvalue weighted by Gasteiger charge is 2.50. The van der Waals surface area contributed by atoms with Crippen LogP contribution in [-0.2, 0) is 23.8 Å². The van der Waals surface area contributed by atoms with Crippen LogP contribution in [0.25, 0.3) is 27.4 Å². The van der Waals surface area contributed by atoms with Crippen LogP contribution in [0.5, 0.6) is 28.7 Å². The molecular formula is C58H70FN5O15. The van der Waals surface area contributed by atoms with Crippen LogP contribution in [0.2, 0.25) is 0 Å². The Morgan fingerprint density at radius 1 is 0.962 bits per heavy atom. The van der Waals surface area contributed by atoms with Crippen molar-refractivity contribution in [1.29, 1.82) is 0 Å². The maximum Gasteiger partial charge on any atom is 0.312 e. The fourth-order valence-electron chi connectivity index (χ4n) is 11.1. The van der Waals surface area contributed by atoms with E-state index in [0.717, 1.165) is 18.9 Å². The van der Waals surface area contributed by atoms with E-state index >= 15 is 4.39 Å². The Morgan fingerprint density at radius 3 is 2.28 bits per heavy atom. The Morgan fingerprint density at radius 2 is 1.66 bits per heavy atom. The summed E-state index contributed by atoms with van der Waals surface area (Å²) in [5.74, 6) is -10.3.